The fourth-order valence-corrected chi connectivity index (χ4v) is 3.23. The highest BCUT2D eigenvalue weighted by Crippen LogP contribution is 2.26. The van der Waals surface area contributed by atoms with Crippen molar-refractivity contribution in [3.63, 3.8) is 0 Å². The second-order valence-corrected chi connectivity index (χ2v) is 6.33. The molecule has 0 aliphatic carbocycles. The van der Waals surface area contributed by atoms with Gasteiger partial charge >= 0.3 is 0 Å². The zero-order valence-corrected chi connectivity index (χ0v) is 13.7. The number of aryl methyl sites for hydroxylation is 1. The van der Waals surface area contributed by atoms with E-state index in [4.69, 9.17) is 0 Å². The molecule has 1 atom stereocenters. The van der Waals surface area contributed by atoms with E-state index in [0.717, 1.165) is 19.5 Å². The number of rotatable bonds is 5. The Labute approximate surface area is 138 Å². The Morgan fingerprint density at radius 3 is 2.65 bits per heavy atom. The molecule has 1 fully saturated rings. The third-order valence-electron chi connectivity index (χ3n) is 4.65. The van der Waals surface area contributed by atoms with Gasteiger partial charge in [0.25, 0.3) is 0 Å². The Bertz CT molecular complexity index is 654. The second kappa shape index (κ2) is 7.42. The molecule has 3 heteroatoms. The van der Waals surface area contributed by atoms with Gasteiger partial charge in [-0.05, 0) is 42.5 Å². The zero-order valence-electron chi connectivity index (χ0n) is 13.7. The van der Waals surface area contributed by atoms with Gasteiger partial charge in [-0.2, -0.15) is 0 Å². The van der Waals surface area contributed by atoms with Crippen molar-refractivity contribution in [2.45, 2.75) is 25.8 Å². The van der Waals surface area contributed by atoms with E-state index in [9.17, 15) is 4.79 Å². The van der Waals surface area contributed by atoms with E-state index >= 15 is 0 Å². The molecule has 0 radical (unpaired) electrons. The average molecular weight is 308 g/mol. The van der Waals surface area contributed by atoms with Crippen molar-refractivity contribution in [2.24, 2.45) is 0 Å². The van der Waals surface area contributed by atoms with E-state index in [2.05, 4.69) is 59.6 Å². The lowest BCUT2D eigenvalue weighted by atomic mass is 9.99. The smallest absolute Gasteiger partial charge is 0.234 e. The first-order valence-electron chi connectivity index (χ1n) is 8.31. The molecular weight excluding hydrogens is 284 g/mol. The quantitative estimate of drug-likeness (QED) is 0.920. The van der Waals surface area contributed by atoms with Gasteiger partial charge < -0.3 is 5.32 Å². The summed E-state index contributed by atoms with van der Waals surface area (Å²) in [5.41, 5.74) is 3.79. The number of amides is 1. The minimum Gasteiger partial charge on any atom is -0.351 e. The lowest BCUT2D eigenvalue weighted by Gasteiger charge is -2.16. The van der Waals surface area contributed by atoms with E-state index in [1.807, 2.05) is 12.1 Å². The zero-order chi connectivity index (χ0) is 16.1. The summed E-state index contributed by atoms with van der Waals surface area (Å²) >= 11 is 0. The number of hydrogen-bond acceptors (Lipinski definition) is 2. The van der Waals surface area contributed by atoms with Crippen LogP contribution in [0.3, 0.4) is 0 Å². The molecule has 1 saturated heterocycles. The molecule has 1 N–H and O–H groups in total. The van der Waals surface area contributed by atoms with Crippen molar-refractivity contribution in [3.05, 3.63) is 71.3 Å². The number of benzene rings is 2. The maximum absolute atomic E-state index is 12.2. The van der Waals surface area contributed by atoms with Crippen LogP contribution in [0.25, 0.3) is 0 Å². The van der Waals surface area contributed by atoms with Crippen molar-refractivity contribution in [1.82, 2.24) is 10.2 Å². The number of nitrogens with one attached hydrogen (secondary N) is 1. The molecule has 1 heterocycles. The molecule has 23 heavy (non-hydrogen) atoms. The highest BCUT2D eigenvalue weighted by atomic mass is 16.2. The Balaban J connectivity index is 1.47. The lowest BCUT2D eigenvalue weighted by Crippen LogP contribution is -2.35. The van der Waals surface area contributed by atoms with Crippen LogP contribution in [-0.4, -0.2) is 30.4 Å². The number of hydrogen-bond donors (Lipinski definition) is 1. The van der Waals surface area contributed by atoms with E-state index in [0.29, 0.717) is 19.0 Å². The van der Waals surface area contributed by atoms with E-state index in [1.165, 1.54) is 16.7 Å². The van der Waals surface area contributed by atoms with Gasteiger partial charge in [-0.25, -0.2) is 0 Å². The van der Waals surface area contributed by atoms with Gasteiger partial charge in [0.15, 0.2) is 0 Å². The Morgan fingerprint density at radius 1 is 1.13 bits per heavy atom. The van der Waals surface area contributed by atoms with Gasteiger partial charge in [-0.15, -0.1) is 0 Å². The topological polar surface area (TPSA) is 32.3 Å². The summed E-state index contributed by atoms with van der Waals surface area (Å²) in [5, 5.41) is 3.04. The highest BCUT2D eigenvalue weighted by Gasteiger charge is 2.24. The van der Waals surface area contributed by atoms with Crippen LogP contribution in [0.15, 0.2) is 54.6 Å². The molecule has 1 aliphatic heterocycles. The minimum atomic E-state index is 0.113. The number of carbonyl (C=O) groups is 1. The summed E-state index contributed by atoms with van der Waals surface area (Å²) < 4.78 is 0. The van der Waals surface area contributed by atoms with Gasteiger partial charge in [0.1, 0.15) is 0 Å². The largest absolute Gasteiger partial charge is 0.351 e. The summed E-state index contributed by atoms with van der Waals surface area (Å²) in [6, 6.07) is 18.8. The molecule has 1 aliphatic rings. The summed E-state index contributed by atoms with van der Waals surface area (Å²) in [6.45, 7) is 5.15. The molecule has 3 nitrogen and oxygen atoms in total. The van der Waals surface area contributed by atoms with Gasteiger partial charge in [0.2, 0.25) is 5.91 Å². The van der Waals surface area contributed by atoms with Crippen LogP contribution in [0.2, 0.25) is 0 Å². The van der Waals surface area contributed by atoms with E-state index in [1.54, 1.807) is 0 Å². The average Bonchev–Trinajstić information content (AvgIpc) is 3.03. The number of carbonyl (C=O) groups excluding carboxylic acids is 1. The van der Waals surface area contributed by atoms with Crippen LogP contribution in [-0.2, 0) is 11.3 Å². The third kappa shape index (κ3) is 4.20. The Morgan fingerprint density at radius 2 is 1.87 bits per heavy atom. The van der Waals surface area contributed by atoms with Crippen LogP contribution in [0.4, 0.5) is 0 Å². The van der Waals surface area contributed by atoms with Crippen LogP contribution in [0.1, 0.15) is 29.0 Å². The first kappa shape index (κ1) is 15.8. The van der Waals surface area contributed by atoms with Crippen molar-refractivity contribution < 1.29 is 4.79 Å². The van der Waals surface area contributed by atoms with Crippen LogP contribution in [0.5, 0.6) is 0 Å². The normalized spacial score (nSPS) is 18.0. The SMILES string of the molecule is Cc1ccccc1CNC(=O)CN1CCC(c2ccccc2)C1. The molecule has 0 bridgehead atoms. The third-order valence-corrected chi connectivity index (χ3v) is 4.65. The maximum atomic E-state index is 12.2. The van der Waals surface area contributed by atoms with E-state index < -0.39 is 0 Å². The monoisotopic (exact) mass is 308 g/mol. The molecule has 2 aromatic carbocycles. The van der Waals surface area contributed by atoms with Crippen molar-refractivity contribution in [3.8, 4) is 0 Å². The number of nitrogens with zero attached hydrogens (tertiary/aromatic N) is 1. The highest BCUT2D eigenvalue weighted by molar-refractivity contribution is 5.78. The number of likely N-dealkylation sites (tertiary alicyclic amines) is 1. The molecule has 3 rings (SSSR count). The van der Waals surface area contributed by atoms with Crippen LogP contribution in [0, 0.1) is 6.92 Å². The molecule has 0 aromatic heterocycles. The van der Waals surface area contributed by atoms with Gasteiger partial charge in [-0.1, -0.05) is 54.6 Å². The molecule has 120 valence electrons. The molecule has 2 aromatic rings. The van der Waals surface area contributed by atoms with Crippen LogP contribution < -0.4 is 5.32 Å². The van der Waals surface area contributed by atoms with Crippen molar-refractivity contribution in [2.75, 3.05) is 19.6 Å². The van der Waals surface area contributed by atoms with Gasteiger partial charge in [0.05, 0.1) is 6.54 Å². The van der Waals surface area contributed by atoms with Gasteiger partial charge in [0, 0.05) is 13.1 Å². The first-order chi connectivity index (χ1) is 11.2. The summed E-state index contributed by atoms with van der Waals surface area (Å²) in [4.78, 5) is 14.4. The van der Waals surface area contributed by atoms with Gasteiger partial charge in [-0.3, -0.25) is 9.69 Å². The molecule has 1 unspecified atom stereocenters. The fourth-order valence-electron chi connectivity index (χ4n) is 3.23. The first-order valence-corrected chi connectivity index (χ1v) is 8.31. The molecular formula is C20H24N2O. The Kier molecular flexibility index (Phi) is 5.09. The summed E-state index contributed by atoms with van der Waals surface area (Å²) in [6.07, 6.45) is 1.13. The minimum absolute atomic E-state index is 0.113. The van der Waals surface area contributed by atoms with Crippen molar-refractivity contribution in [1.29, 1.82) is 0 Å². The predicted molar refractivity (Wildman–Crippen MR) is 93.3 cm³/mol. The molecule has 0 spiro atoms. The fraction of sp³-hybridized carbons (Fsp3) is 0.350. The standard InChI is InChI=1S/C20H24N2O/c1-16-7-5-6-10-18(16)13-21-20(23)15-22-12-11-19(14-22)17-8-3-2-4-9-17/h2-10,19H,11-15H2,1H3,(H,21,23). The molecule has 0 saturated carbocycles. The van der Waals surface area contributed by atoms with E-state index in [-0.39, 0.29) is 5.91 Å². The summed E-state index contributed by atoms with van der Waals surface area (Å²) in [5.74, 6) is 0.669. The Hall–Kier alpha value is -2.13. The molecule has 1 amide bonds. The van der Waals surface area contributed by atoms with Crippen LogP contribution >= 0.6 is 0 Å². The lowest BCUT2D eigenvalue weighted by molar-refractivity contribution is -0.122. The predicted octanol–water partition coefficient (Wildman–Crippen LogP) is 3.10. The summed E-state index contributed by atoms with van der Waals surface area (Å²) in [7, 11) is 0. The second-order valence-electron chi connectivity index (χ2n) is 6.33. The van der Waals surface area contributed by atoms with Crippen molar-refractivity contribution >= 4 is 5.91 Å². The maximum Gasteiger partial charge on any atom is 0.234 e.